The van der Waals surface area contributed by atoms with Gasteiger partial charge in [0, 0.05) is 24.8 Å². The average Bonchev–Trinajstić information content (AvgIpc) is 3.27. The topological polar surface area (TPSA) is 108 Å². The van der Waals surface area contributed by atoms with E-state index in [2.05, 4.69) is 26.3 Å². The highest BCUT2D eigenvalue weighted by atomic mass is 32.1. The van der Waals surface area contributed by atoms with E-state index in [4.69, 9.17) is 4.74 Å². The van der Waals surface area contributed by atoms with Crippen LogP contribution in [0.1, 0.15) is 28.1 Å². The maximum Gasteiger partial charge on any atom is 0.308 e. The molecular formula is C23H21N5O3S. The number of piperidine rings is 1. The van der Waals surface area contributed by atoms with Crippen molar-refractivity contribution in [2.45, 2.75) is 12.8 Å². The number of carbonyl (C=O) groups is 2. The molecule has 0 aliphatic carbocycles. The standard InChI is InChI=1S/C23H21N5O3S/c1-31-22(30)16-9-11-28(12-10-16)19-8-7-17(14-25-19)21(29)27-23-26-20(18(13-24)32-23)15-5-3-2-4-6-15/h2-8,14,16H,9-12H2,1H3,(H,26,27,29). The summed E-state index contributed by atoms with van der Waals surface area (Å²) in [6, 6.07) is 15.0. The largest absolute Gasteiger partial charge is 0.469 e. The number of aromatic nitrogens is 2. The van der Waals surface area contributed by atoms with Crippen LogP contribution < -0.4 is 10.2 Å². The maximum absolute atomic E-state index is 12.7. The van der Waals surface area contributed by atoms with Gasteiger partial charge < -0.3 is 9.64 Å². The van der Waals surface area contributed by atoms with E-state index in [1.807, 2.05) is 30.3 Å². The Morgan fingerprint density at radius 1 is 1.19 bits per heavy atom. The van der Waals surface area contributed by atoms with Gasteiger partial charge in [-0.2, -0.15) is 5.26 Å². The number of methoxy groups -OCH3 is 1. The molecule has 32 heavy (non-hydrogen) atoms. The fourth-order valence-corrected chi connectivity index (χ4v) is 4.41. The second-order valence-electron chi connectivity index (χ2n) is 7.32. The molecule has 1 aromatic carbocycles. The van der Waals surface area contributed by atoms with Crippen molar-refractivity contribution in [2.24, 2.45) is 5.92 Å². The molecule has 1 aliphatic heterocycles. The minimum atomic E-state index is -0.341. The van der Waals surface area contributed by atoms with Crippen molar-refractivity contribution < 1.29 is 14.3 Å². The van der Waals surface area contributed by atoms with Crippen LogP contribution in [0.15, 0.2) is 48.7 Å². The molecule has 4 rings (SSSR count). The number of ether oxygens (including phenoxy) is 1. The Labute approximate surface area is 189 Å². The molecule has 0 atom stereocenters. The summed E-state index contributed by atoms with van der Waals surface area (Å²) in [6.07, 6.45) is 2.95. The molecule has 3 aromatic rings. The van der Waals surface area contributed by atoms with Gasteiger partial charge in [-0.1, -0.05) is 41.7 Å². The number of carbonyl (C=O) groups excluding carboxylic acids is 2. The lowest BCUT2D eigenvalue weighted by Crippen LogP contribution is -2.37. The molecule has 1 fully saturated rings. The van der Waals surface area contributed by atoms with Gasteiger partial charge in [-0.05, 0) is 25.0 Å². The van der Waals surface area contributed by atoms with Crippen molar-refractivity contribution >= 4 is 34.2 Å². The van der Waals surface area contributed by atoms with Crippen LogP contribution in [0.2, 0.25) is 0 Å². The summed E-state index contributed by atoms with van der Waals surface area (Å²) >= 11 is 1.14. The van der Waals surface area contributed by atoms with Gasteiger partial charge in [0.2, 0.25) is 0 Å². The third kappa shape index (κ3) is 4.60. The second-order valence-corrected chi connectivity index (χ2v) is 8.32. The summed E-state index contributed by atoms with van der Waals surface area (Å²) in [6.45, 7) is 1.41. The molecule has 162 valence electrons. The van der Waals surface area contributed by atoms with Gasteiger partial charge in [0.1, 0.15) is 22.5 Å². The molecule has 1 aliphatic rings. The van der Waals surface area contributed by atoms with E-state index in [-0.39, 0.29) is 17.8 Å². The zero-order valence-electron chi connectivity index (χ0n) is 17.4. The van der Waals surface area contributed by atoms with Crippen LogP contribution in [0.3, 0.4) is 0 Å². The summed E-state index contributed by atoms with van der Waals surface area (Å²) in [7, 11) is 1.41. The monoisotopic (exact) mass is 447 g/mol. The van der Waals surface area contributed by atoms with Crippen molar-refractivity contribution in [3.8, 4) is 17.3 Å². The fourth-order valence-electron chi connectivity index (χ4n) is 3.63. The van der Waals surface area contributed by atoms with Crippen LogP contribution in [0.5, 0.6) is 0 Å². The molecule has 1 saturated heterocycles. The van der Waals surface area contributed by atoms with Crippen molar-refractivity contribution in [3.05, 3.63) is 59.1 Å². The number of pyridine rings is 1. The van der Waals surface area contributed by atoms with Gasteiger partial charge in [0.25, 0.3) is 5.91 Å². The number of amides is 1. The maximum atomic E-state index is 12.7. The quantitative estimate of drug-likeness (QED) is 0.594. The molecule has 0 saturated carbocycles. The molecule has 9 heteroatoms. The van der Waals surface area contributed by atoms with E-state index in [0.717, 1.165) is 22.7 Å². The Morgan fingerprint density at radius 3 is 2.56 bits per heavy atom. The molecule has 2 aromatic heterocycles. The lowest BCUT2D eigenvalue weighted by atomic mass is 9.97. The van der Waals surface area contributed by atoms with E-state index >= 15 is 0 Å². The minimum absolute atomic E-state index is 0.0707. The van der Waals surface area contributed by atoms with Gasteiger partial charge in [-0.15, -0.1) is 0 Å². The Kier molecular flexibility index (Phi) is 6.42. The van der Waals surface area contributed by atoms with Crippen LogP contribution >= 0.6 is 11.3 Å². The van der Waals surface area contributed by atoms with E-state index in [1.54, 1.807) is 12.1 Å². The summed E-state index contributed by atoms with van der Waals surface area (Å²) in [5, 5.41) is 12.5. The smallest absolute Gasteiger partial charge is 0.308 e. The van der Waals surface area contributed by atoms with Crippen LogP contribution in [0.4, 0.5) is 10.9 Å². The highest BCUT2D eigenvalue weighted by molar-refractivity contribution is 7.16. The number of hydrogen-bond acceptors (Lipinski definition) is 8. The number of esters is 1. The van der Waals surface area contributed by atoms with Crippen LogP contribution in [0.25, 0.3) is 11.3 Å². The van der Waals surface area contributed by atoms with Crippen LogP contribution in [-0.2, 0) is 9.53 Å². The molecule has 0 bridgehead atoms. The number of thiazole rings is 1. The number of anilines is 2. The van der Waals surface area contributed by atoms with Gasteiger partial charge in [0.05, 0.1) is 18.6 Å². The van der Waals surface area contributed by atoms with Crippen LogP contribution in [0, 0.1) is 17.2 Å². The SMILES string of the molecule is COC(=O)C1CCN(c2ccc(C(=O)Nc3nc(-c4ccccc4)c(C#N)s3)cn2)CC1. The van der Waals surface area contributed by atoms with Gasteiger partial charge >= 0.3 is 5.97 Å². The zero-order valence-corrected chi connectivity index (χ0v) is 18.3. The molecule has 1 N–H and O–H groups in total. The number of benzene rings is 1. The molecule has 0 radical (unpaired) electrons. The number of rotatable bonds is 5. The predicted octanol–water partition coefficient (Wildman–Crippen LogP) is 3.72. The first-order valence-corrected chi connectivity index (χ1v) is 11.0. The molecule has 8 nitrogen and oxygen atoms in total. The van der Waals surface area contributed by atoms with Gasteiger partial charge in [-0.25, -0.2) is 9.97 Å². The molecule has 0 unspecified atom stereocenters. The van der Waals surface area contributed by atoms with Crippen molar-refractivity contribution in [2.75, 3.05) is 30.4 Å². The van der Waals surface area contributed by atoms with E-state index in [1.165, 1.54) is 13.3 Å². The first kappa shape index (κ1) is 21.5. The van der Waals surface area contributed by atoms with Crippen molar-refractivity contribution in [3.63, 3.8) is 0 Å². The summed E-state index contributed by atoms with van der Waals surface area (Å²) in [4.78, 5) is 35.7. The minimum Gasteiger partial charge on any atom is -0.469 e. The molecular weight excluding hydrogens is 426 g/mol. The zero-order chi connectivity index (χ0) is 22.5. The lowest BCUT2D eigenvalue weighted by Gasteiger charge is -2.31. The second kappa shape index (κ2) is 9.58. The number of nitrogens with zero attached hydrogens (tertiary/aromatic N) is 4. The third-order valence-electron chi connectivity index (χ3n) is 5.36. The highest BCUT2D eigenvalue weighted by Gasteiger charge is 2.26. The van der Waals surface area contributed by atoms with Crippen molar-refractivity contribution in [1.82, 2.24) is 9.97 Å². The van der Waals surface area contributed by atoms with Gasteiger partial charge in [0.15, 0.2) is 5.13 Å². The number of hydrogen-bond donors (Lipinski definition) is 1. The van der Waals surface area contributed by atoms with Crippen LogP contribution in [-0.4, -0.2) is 42.0 Å². The van der Waals surface area contributed by atoms with E-state index in [9.17, 15) is 14.9 Å². The Balaban J connectivity index is 1.41. The Bertz CT molecular complexity index is 1150. The number of nitriles is 1. The summed E-state index contributed by atoms with van der Waals surface area (Å²) in [5.74, 6) is 0.184. The third-order valence-corrected chi connectivity index (χ3v) is 6.24. The number of nitrogens with one attached hydrogen (secondary N) is 1. The predicted molar refractivity (Wildman–Crippen MR) is 121 cm³/mol. The normalized spacial score (nSPS) is 13.9. The van der Waals surface area contributed by atoms with Gasteiger partial charge in [-0.3, -0.25) is 14.9 Å². The first-order valence-electron chi connectivity index (χ1n) is 10.2. The first-order chi connectivity index (χ1) is 15.6. The lowest BCUT2D eigenvalue weighted by molar-refractivity contribution is -0.146. The molecule has 1 amide bonds. The van der Waals surface area contributed by atoms with E-state index in [0.29, 0.717) is 47.2 Å². The molecule has 3 heterocycles. The fraction of sp³-hybridized carbons (Fsp3) is 0.261. The summed E-state index contributed by atoms with van der Waals surface area (Å²) in [5.41, 5.74) is 1.77. The van der Waals surface area contributed by atoms with Crippen molar-refractivity contribution in [1.29, 1.82) is 5.26 Å². The average molecular weight is 448 g/mol. The summed E-state index contributed by atoms with van der Waals surface area (Å²) < 4.78 is 4.82. The highest BCUT2D eigenvalue weighted by Crippen LogP contribution is 2.30. The Morgan fingerprint density at radius 2 is 1.94 bits per heavy atom. The Hall–Kier alpha value is -3.77. The van der Waals surface area contributed by atoms with E-state index < -0.39 is 0 Å². The molecule has 0 spiro atoms.